The van der Waals surface area contributed by atoms with Gasteiger partial charge >= 0.3 is 0 Å². The summed E-state index contributed by atoms with van der Waals surface area (Å²) in [6, 6.07) is 8.14. The van der Waals surface area contributed by atoms with Crippen molar-refractivity contribution in [1.82, 2.24) is 5.43 Å². The summed E-state index contributed by atoms with van der Waals surface area (Å²) in [5.74, 6) is 1.26. The fourth-order valence-corrected chi connectivity index (χ4v) is 2.63. The van der Waals surface area contributed by atoms with E-state index in [0.29, 0.717) is 38.6 Å². The standard InChI is InChI=1S/C18H18Cl2N2O5/c1-24-15-6-4-11(17(25-2)18(15)26-3)9-21-22-16(23)10-27-14-7-5-12(19)8-13(14)20/h4-9H,10H2,1-3H3,(H,22,23)/b21-9+. The van der Waals surface area contributed by atoms with Crippen molar-refractivity contribution in [3.8, 4) is 23.0 Å². The van der Waals surface area contributed by atoms with Crippen LogP contribution >= 0.6 is 23.2 Å². The number of ether oxygens (including phenoxy) is 4. The number of halogens is 2. The van der Waals surface area contributed by atoms with Crippen molar-refractivity contribution in [2.24, 2.45) is 5.10 Å². The number of benzene rings is 2. The Morgan fingerprint density at radius 2 is 1.74 bits per heavy atom. The minimum absolute atomic E-state index is 0.262. The highest BCUT2D eigenvalue weighted by Gasteiger charge is 2.14. The van der Waals surface area contributed by atoms with E-state index in [2.05, 4.69) is 10.5 Å². The van der Waals surface area contributed by atoms with Crippen LogP contribution in [0.15, 0.2) is 35.4 Å². The normalized spacial score (nSPS) is 10.6. The number of nitrogens with one attached hydrogen (secondary N) is 1. The van der Waals surface area contributed by atoms with Crippen molar-refractivity contribution >= 4 is 35.3 Å². The summed E-state index contributed by atoms with van der Waals surface area (Å²) < 4.78 is 21.2. The van der Waals surface area contributed by atoms with E-state index < -0.39 is 5.91 Å². The van der Waals surface area contributed by atoms with Gasteiger partial charge in [0, 0.05) is 10.6 Å². The number of methoxy groups -OCH3 is 3. The fraction of sp³-hybridized carbons (Fsp3) is 0.222. The molecule has 9 heteroatoms. The van der Waals surface area contributed by atoms with E-state index in [4.69, 9.17) is 42.1 Å². The molecule has 0 aromatic heterocycles. The minimum atomic E-state index is -0.461. The lowest BCUT2D eigenvalue weighted by molar-refractivity contribution is -0.123. The molecule has 7 nitrogen and oxygen atoms in total. The van der Waals surface area contributed by atoms with Crippen LogP contribution in [0.2, 0.25) is 10.0 Å². The maximum Gasteiger partial charge on any atom is 0.277 e. The largest absolute Gasteiger partial charge is 0.493 e. The zero-order valence-corrected chi connectivity index (χ0v) is 16.4. The zero-order chi connectivity index (χ0) is 19.8. The monoisotopic (exact) mass is 412 g/mol. The Morgan fingerprint density at radius 1 is 1.04 bits per heavy atom. The van der Waals surface area contributed by atoms with Gasteiger partial charge in [-0.2, -0.15) is 5.10 Å². The van der Waals surface area contributed by atoms with Crippen LogP contribution < -0.4 is 24.4 Å². The molecule has 0 aliphatic heterocycles. The number of rotatable bonds is 8. The number of carbonyl (C=O) groups excluding carboxylic acids is 1. The molecule has 2 rings (SSSR count). The lowest BCUT2D eigenvalue weighted by Gasteiger charge is -2.13. The minimum Gasteiger partial charge on any atom is -0.493 e. The van der Waals surface area contributed by atoms with E-state index in [1.165, 1.54) is 33.6 Å². The molecule has 144 valence electrons. The molecule has 0 bridgehead atoms. The van der Waals surface area contributed by atoms with E-state index in [1.807, 2.05) is 0 Å². The number of carbonyl (C=O) groups is 1. The molecule has 0 atom stereocenters. The highest BCUT2D eigenvalue weighted by atomic mass is 35.5. The van der Waals surface area contributed by atoms with Gasteiger partial charge in [-0.15, -0.1) is 0 Å². The number of hydrogen-bond acceptors (Lipinski definition) is 6. The first-order valence-electron chi connectivity index (χ1n) is 7.68. The highest BCUT2D eigenvalue weighted by molar-refractivity contribution is 6.35. The number of amides is 1. The predicted molar refractivity (Wildman–Crippen MR) is 104 cm³/mol. The summed E-state index contributed by atoms with van der Waals surface area (Å²) in [4.78, 5) is 11.9. The van der Waals surface area contributed by atoms with E-state index in [9.17, 15) is 4.79 Å². The Morgan fingerprint density at radius 3 is 2.37 bits per heavy atom. The smallest absolute Gasteiger partial charge is 0.277 e. The van der Waals surface area contributed by atoms with Gasteiger partial charge in [-0.25, -0.2) is 5.43 Å². The summed E-state index contributed by atoms with van der Waals surface area (Å²) in [5.41, 5.74) is 2.95. The molecule has 0 saturated heterocycles. The Hall–Kier alpha value is -2.64. The molecule has 0 spiro atoms. The zero-order valence-electron chi connectivity index (χ0n) is 14.9. The van der Waals surface area contributed by atoms with Gasteiger partial charge in [0.25, 0.3) is 5.91 Å². The van der Waals surface area contributed by atoms with Gasteiger partial charge < -0.3 is 18.9 Å². The average Bonchev–Trinajstić information content (AvgIpc) is 2.66. The van der Waals surface area contributed by atoms with Gasteiger partial charge in [-0.1, -0.05) is 23.2 Å². The van der Waals surface area contributed by atoms with E-state index in [-0.39, 0.29) is 6.61 Å². The Bertz CT molecular complexity index is 843. The van der Waals surface area contributed by atoms with E-state index in [1.54, 1.807) is 24.3 Å². The molecule has 27 heavy (non-hydrogen) atoms. The van der Waals surface area contributed by atoms with E-state index >= 15 is 0 Å². The van der Waals surface area contributed by atoms with Gasteiger partial charge in [-0.05, 0) is 30.3 Å². The van der Waals surface area contributed by atoms with Crippen LogP contribution in [0.25, 0.3) is 0 Å². The second-order valence-corrected chi connectivity index (χ2v) is 5.92. The molecule has 2 aromatic carbocycles. The van der Waals surface area contributed by atoms with Crippen LogP contribution in [0.3, 0.4) is 0 Å². The molecular weight excluding hydrogens is 395 g/mol. The van der Waals surface area contributed by atoms with E-state index in [0.717, 1.165) is 0 Å². The van der Waals surface area contributed by atoms with Gasteiger partial charge in [-0.3, -0.25) is 4.79 Å². The lowest BCUT2D eigenvalue weighted by atomic mass is 10.2. The second kappa shape index (κ2) is 9.89. The summed E-state index contributed by atoms with van der Waals surface area (Å²) in [5, 5.41) is 4.69. The van der Waals surface area contributed by atoms with Gasteiger partial charge in [0.2, 0.25) is 5.75 Å². The predicted octanol–water partition coefficient (Wildman–Crippen LogP) is 3.55. The maximum absolute atomic E-state index is 11.9. The summed E-state index contributed by atoms with van der Waals surface area (Å²) in [6.45, 7) is -0.262. The molecule has 0 heterocycles. The van der Waals surface area contributed by atoms with Crippen molar-refractivity contribution < 1.29 is 23.7 Å². The summed E-state index contributed by atoms with van der Waals surface area (Å²) >= 11 is 11.8. The van der Waals surface area contributed by atoms with Crippen LogP contribution in [0, 0.1) is 0 Å². The Balaban J connectivity index is 1.99. The van der Waals surface area contributed by atoms with Crippen LogP contribution in [0.5, 0.6) is 23.0 Å². The second-order valence-electron chi connectivity index (χ2n) is 5.08. The third kappa shape index (κ3) is 5.42. The molecule has 0 saturated carbocycles. The molecule has 0 aliphatic carbocycles. The van der Waals surface area contributed by atoms with Crippen LogP contribution in [-0.4, -0.2) is 40.1 Å². The number of hydrazone groups is 1. The Kier molecular flexibility index (Phi) is 7.57. The molecule has 0 fully saturated rings. The topological polar surface area (TPSA) is 78.4 Å². The van der Waals surface area contributed by atoms with Crippen molar-refractivity contribution in [3.05, 3.63) is 45.9 Å². The van der Waals surface area contributed by atoms with Crippen LogP contribution in [0.1, 0.15) is 5.56 Å². The maximum atomic E-state index is 11.9. The molecule has 2 aromatic rings. The van der Waals surface area contributed by atoms with Crippen LogP contribution in [-0.2, 0) is 4.79 Å². The number of nitrogens with zero attached hydrogens (tertiary/aromatic N) is 1. The fourth-order valence-electron chi connectivity index (χ4n) is 2.17. The van der Waals surface area contributed by atoms with Gasteiger partial charge in [0.05, 0.1) is 32.6 Å². The molecule has 0 unspecified atom stereocenters. The van der Waals surface area contributed by atoms with Crippen LogP contribution in [0.4, 0.5) is 0 Å². The summed E-state index contributed by atoms with van der Waals surface area (Å²) in [6.07, 6.45) is 1.42. The first kappa shape index (κ1) is 20.7. The highest BCUT2D eigenvalue weighted by Crippen LogP contribution is 2.38. The number of hydrogen-bond donors (Lipinski definition) is 1. The quantitative estimate of drug-likeness (QED) is 0.529. The van der Waals surface area contributed by atoms with Crippen molar-refractivity contribution in [1.29, 1.82) is 0 Å². The van der Waals surface area contributed by atoms with Crippen molar-refractivity contribution in [3.63, 3.8) is 0 Å². The third-order valence-electron chi connectivity index (χ3n) is 3.38. The molecule has 0 aliphatic rings. The lowest BCUT2D eigenvalue weighted by Crippen LogP contribution is -2.24. The molecule has 1 amide bonds. The molecule has 0 radical (unpaired) electrons. The summed E-state index contributed by atoms with van der Waals surface area (Å²) in [7, 11) is 4.53. The molecule has 1 N–H and O–H groups in total. The van der Waals surface area contributed by atoms with Crippen molar-refractivity contribution in [2.75, 3.05) is 27.9 Å². The first-order chi connectivity index (χ1) is 13.0. The third-order valence-corrected chi connectivity index (χ3v) is 3.91. The molecular formula is C18H18Cl2N2O5. The van der Waals surface area contributed by atoms with Crippen molar-refractivity contribution in [2.45, 2.75) is 0 Å². The first-order valence-corrected chi connectivity index (χ1v) is 8.44. The average molecular weight is 413 g/mol. The SMILES string of the molecule is COc1ccc(/C=N/NC(=O)COc2ccc(Cl)cc2Cl)c(OC)c1OC. The Labute approximate surface area is 166 Å². The van der Waals surface area contributed by atoms with Gasteiger partial charge in [0.1, 0.15) is 5.75 Å². The van der Waals surface area contributed by atoms with Gasteiger partial charge in [0.15, 0.2) is 18.1 Å².